The molecule has 9 heteroatoms. The van der Waals surface area contributed by atoms with Crippen LogP contribution in [-0.4, -0.2) is 67.7 Å². The molecule has 0 saturated carbocycles. The average molecular weight is 429 g/mol. The van der Waals surface area contributed by atoms with E-state index in [2.05, 4.69) is 22.0 Å². The van der Waals surface area contributed by atoms with Crippen molar-refractivity contribution < 1.29 is 17.6 Å². The third-order valence-electron chi connectivity index (χ3n) is 5.25. The van der Waals surface area contributed by atoms with Crippen LogP contribution in [0.1, 0.15) is 6.92 Å². The van der Waals surface area contributed by atoms with Gasteiger partial charge in [0.05, 0.1) is 7.11 Å². The number of benzene rings is 2. The van der Waals surface area contributed by atoms with E-state index < -0.39 is 10.0 Å². The van der Waals surface area contributed by atoms with Gasteiger partial charge in [0, 0.05) is 37.3 Å². The summed E-state index contributed by atoms with van der Waals surface area (Å²) >= 11 is 0. The molecule has 0 bridgehead atoms. The first-order chi connectivity index (χ1) is 14.5. The Hall–Kier alpha value is -2.75. The number of hydrogen-bond acceptors (Lipinski definition) is 7. The smallest absolute Gasteiger partial charge is 0.248 e. The number of nitrogens with zero attached hydrogens (tertiary/aromatic N) is 4. The molecular weight excluding hydrogens is 404 g/mol. The van der Waals surface area contributed by atoms with Crippen LogP contribution in [0.2, 0.25) is 0 Å². The van der Waals surface area contributed by atoms with Crippen molar-refractivity contribution in [3.63, 3.8) is 0 Å². The maximum atomic E-state index is 13.3. The van der Waals surface area contributed by atoms with Crippen LogP contribution in [0.25, 0.3) is 22.9 Å². The van der Waals surface area contributed by atoms with Crippen LogP contribution < -0.4 is 4.74 Å². The van der Waals surface area contributed by atoms with Crippen molar-refractivity contribution in [2.24, 2.45) is 0 Å². The summed E-state index contributed by atoms with van der Waals surface area (Å²) in [6.45, 7) is 5.30. The van der Waals surface area contributed by atoms with E-state index >= 15 is 0 Å². The molecular formula is C21H24N4O4S. The van der Waals surface area contributed by atoms with Crippen molar-refractivity contribution in [3.05, 3.63) is 48.5 Å². The number of ether oxygens (including phenoxy) is 1. The highest BCUT2D eigenvalue weighted by Crippen LogP contribution is 2.32. The largest absolute Gasteiger partial charge is 0.495 e. The van der Waals surface area contributed by atoms with Crippen molar-refractivity contribution in [1.29, 1.82) is 0 Å². The monoisotopic (exact) mass is 428 g/mol. The van der Waals surface area contributed by atoms with Crippen LogP contribution in [0.4, 0.5) is 0 Å². The second kappa shape index (κ2) is 8.55. The Morgan fingerprint density at radius 2 is 1.63 bits per heavy atom. The van der Waals surface area contributed by atoms with E-state index in [1.807, 2.05) is 30.3 Å². The standard InChI is InChI=1S/C21H24N4O4S/c1-3-24-11-13-25(14-12-24)30(26,27)19-15-17(9-10-18(19)28-2)21-23-22-20(29-21)16-7-5-4-6-8-16/h4-10,15H,3,11-14H2,1-2H3. The highest BCUT2D eigenvalue weighted by molar-refractivity contribution is 7.89. The zero-order chi connectivity index (χ0) is 21.1. The van der Waals surface area contributed by atoms with E-state index in [-0.39, 0.29) is 10.8 Å². The molecule has 2 heterocycles. The van der Waals surface area contributed by atoms with Crippen molar-refractivity contribution in [2.75, 3.05) is 39.8 Å². The van der Waals surface area contributed by atoms with E-state index in [1.165, 1.54) is 11.4 Å². The molecule has 0 N–H and O–H groups in total. The number of piperazine rings is 1. The fourth-order valence-electron chi connectivity index (χ4n) is 3.47. The van der Waals surface area contributed by atoms with Gasteiger partial charge < -0.3 is 14.1 Å². The minimum atomic E-state index is -3.72. The number of methoxy groups -OCH3 is 1. The predicted molar refractivity (Wildman–Crippen MR) is 113 cm³/mol. The number of hydrogen-bond donors (Lipinski definition) is 0. The lowest BCUT2D eigenvalue weighted by molar-refractivity contribution is 0.196. The highest BCUT2D eigenvalue weighted by Gasteiger charge is 2.31. The topological polar surface area (TPSA) is 88.8 Å². The fourth-order valence-corrected chi connectivity index (χ4v) is 5.08. The van der Waals surface area contributed by atoms with E-state index in [9.17, 15) is 8.42 Å². The summed E-state index contributed by atoms with van der Waals surface area (Å²) in [5.41, 5.74) is 1.32. The first kappa shape index (κ1) is 20.5. The molecule has 0 atom stereocenters. The van der Waals surface area contributed by atoms with Gasteiger partial charge in [-0.3, -0.25) is 0 Å². The molecule has 1 aliphatic heterocycles. The van der Waals surface area contributed by atoms with Gasteiger partial charge in [-0.2, -0.15) is 4.31 Å². The Morgan fingerprint density at radius 3 is 2.27 bits per heavy atom. The molecule has 0 unspecified atom stereocenters. The lowest BCUT2D eigenvalue weighted by Gasteiger charge is -2.33. The molecule has 1 saturated heterocycles. The van der Waals surface area contributed by atoms with Gasteiger partial charge in [0.2, 0.25) is 21.8 Å². The summed E-state index contributed by atoms with van der Waals surface area (Å²) < 4.78 is 39.3. The second-order valence-corrected chi connectivity index (χ2v) is 8.89. The molecule has 3 aromatic rings. The first-order valence-corrected chi connectivity index (χ1v) is 11.3. The molecule has 158 valence electrons. The molecule has 1 aliphatic rings. The van der Waals surface area contributed by atoms with Crippen LogP contribution >= 0.6 is 0 Å². The average Bonchev–Trinajstić information content (AvgIpc) is 3.29. The molecule has 2 aromatic carbocycles. The minimum absolute atomic E-state index is 0.104. The van der Waals surface area contributed by atoms with Crippen molar-refractivity contribution in [1.82, 2.24) is 19.4 Å². The summed E-state index contributed by atoms with van der Waals surface area (Å²) in [5, 5.41) is 8.19. The van der Waals surface area contributed by atoms with Gasteiger partial charge in [0.1, 0.15) is 10.6 Å². The van der Waals surface area contributed by atoms with E-state index in [0.29, 0.717) is 43.4 Å². The van der Waals surface area contributed by atoms with Gasteiger partial charge in [0.15, 0.2) is 0 Å². The zero-order valence-electron chi connectivity index (χ0n) is 17.0. The van der Waals surface area contributed by atoms with Crippen LogP contribution in [0.5, 0.6) is 5.75 Å². The molecule has 1 aromatic heterocycles. The van der Waals surface area contributed by atoms with Crippen molar-refractivity contribution >= 4 is 10.0 Å². The Balaban J connectivity index is 1.67. The maximum absolute atomic E-state index is 13.3. The Morgan fingerprint density at radius 1 is 0.967 bits per heavy atom. The van der Waals surface area contributed by atoms with E-state index in [1.54, 1.807) is 18.2 Å². The first-order valence-electron chi connectivity index (χ1n) is 9.82. The third kappa shape index (κ3) is 3.96. The van der Waals surface area contributed by atoms with Gasteiger partial charge in [-0.15, -0.1) is 10.2 Å². The number of likely N-dealkylation sites (N-methyl/N-ethyl adjacent to an activating group) is 1. The van der Waals surface area contributed by atoms with Crippen molar-refractivity contribution in [2.45, 2.75) is 11.8 Å². The molecule has 0 aliphatic carbocycles. The lowest BCUT2D eigenvalue weighted by atomic mass is 10.2. The molecule has 0 amide bonds. The lowest BCUT2D eigenvalue weighted by Crippen LogP contribution is -2.48. The summed E-state index contributed by atoms with van der Waals surface area (Å²) in [6.07, 6.45) is 0. The molecule has 1 fully saturated rings. The van der Waals surface area contributed by atoms with Gasteiger partial charge in [-0.25, -0.2) is 8.42 Å². The summed E-state index contributed by atoms with van der Waals surface area (Å²) in [4.78, 5) is 2.33. The normalized spacial score (nSPS) is 15.9. The molecule has 4 rings (SSSR count). The van der Waals surface area contributed by atoms with Gasteiger partial charge in [-0.05, 0) is 36.9 Å². The number of rotatable bonds is 6. The quantitative estimate of drug-likeness (QED) is 0.596. The van der Waals surface area contributed by atoms with Gasteiger partial charge in [0.25, 0.3) is 0 Å². The number of aromatic nitrogens is 2. The van der Waals surface area contributed by atoms with Crippen LogP contribution in [-0.2, 0) is 10.0 Å². The second-order valence-electron chi connectivity index (χ2n) is 6.98. The zero-order valence-corrected chi connectivity index (χ0v) is 17.8. The van der Waals surface area contributed by atoms with Crippen LogP contribution in [0.3, 0.4) is 0 Å². The highest BCUT2D eigenvalue weighted by atomic mass is 32.2. The van der Waals surface area contributed by atoms with Crippen LogP contribution in [0, 0.1) is 0 Å². The van der Waals surface area contributed by atoms with Gasteiger partial charge >= 0.3 is 0 Å². The molecule has 0 spiro atoms. The van der Waals surface area contributed by atoms with Gasteiger partial charge in [-0.1, -0.05) is 25.1 Å². The molecule has 30 heavy (non-hydrogen) atoms. The summed E-state index contributed by atoms with van der Waals surface area (Å²) in [6, 6.07) is 14.3. The summed E-state index contributed by atoms with van der Waals surface area (Å²) in [7, 11) is -2.26. The van der Waals surface area contributed by atoms with Crippen molar-refractivity contribution in [3.8, 4) is 28.7 Å². The Bertz CT molecular complexity index is 1110. The third-order valence-corrected chi connectivity index (χ3v) is 7.17. The Kier molecular flexibility index (Phi) is 5.85. The predicted octanol–water partition coefficient (Wildman–Crippen LogP) is 2.74. The van der Waals surface area contributed by atoms with E-state index in [4.69, 9.17) is 9.15 Å². The molecule has 0 radical (unpaired) electrons. The SMILES string of the molecule is CCN1CCN(S(=O)(=O)c2cc(-c3nnc(-c4ccccc4)o3)ccc2OC)CC1. The fraction of sp³-hybridized carbons (Fsp3) is 0.333. The maximum Gasteiger partial charge on any atom is 0.248 e. The Labute approximate surface area is 176 Å². The molecule has 8 nitrogen and oxygen atoms in total. The van der Waals surface area contributed by atoms with Crippen LogP contribution in [0.15, 0.2) is 57.8 Å². The minimum Gasteiger partial charge on any atom is -0.495 e. The van der Waals surface area contributed by atoms with E-state index in [0.717, 1.165) is 12.1 Å². The summed E-state index contributed by atoms with van der Waals surface area (Å²) in [5.74, 6) is 0.921. The number of sulfonamides is 1.